The highest BCUT2D eigenvalue weighted by Gasteiger charge is 2.40. The molecule has 31 heavy (non-hydrogen) atoms. The summed E-state index contributed by atoms with van der Waals surface area (Å²) in [7, 11) is -4.18. The number of para-hydroxylation sites is 2. The number of rotatable bonds is 5. The van der Waals surface area contributed by atoms with E-state index in [1.54, 1.807) is 60.7 Å². The molecule has 0 spiro atoms. The molecule has 3 aromatic carbocycles. The van der Waals surface area contributed by atoms with E-state index in [-0.39, 0.29) is 11.4 Å². The van der Waals surface area contributed by atoms with E-state index in [2.05, 4.69) is 11.9 Å². The van der Waals surface area contributed by atoms with Gasteiger partial charge in [-0.05, 0) is 23.8 Å². The van der Waals surface area contributed by atoms with E-state index in [1.165, 1.54) is 10.4 Å². The molecule has 0 unspecified atom stereocenters. The van der Waals surface area contributed by atoms with Gasteiger partial charge in [-0.2, -0.15) is 0 Å². The van der Waals surface area contributed by atoms with Crippen LogP contribution >= 0.6 is 11.6 Å². The summed E-state index contributed by atoms with van der Waals surface area (Å²) in [5.74, 6) is -0.754. The molecule has 1 N–H and O–H groups in total. The maximum atomic E-state index is 13.7. The minimum atomic E-state index is -4.18. The number of hydrogen-bond donors (Lipinski definition) is 1. The molecule has 0 saturated carbocycles. The van der Waals surface area contributed by atoms with Crippen molar-refractivity contribution < 1.29 is 13.2 Å². The molecule has 1 aliphatic heterocycles. The first kappa shape index (κ1) is 20.9. The van der Waals surface area contributed by atoms with E-state index in [1.807, 2.05) is 18.2 Å². The second-order valence-electron chi connectivity index (χ2n) is 6.85. The molecule has 1 aliphatic rings. The van der Waals surface area contributed by atoms with Crippen LogP contribution in [0, 0.1) is 0 Å². The monoisotopic (exact) mass is 450 g/mol. The third-order valence-corrected chi connectivity index (χ3v) is 7.06. The van der Waals surface area contributed by atoms with Crippen LogP contribution in [-0.4, -0.2) is 20.9 Å². The molecule has 5 nitrogen and oxygen atoms in total. The van der Waals surface area contributed by atoms with Crippen molar-refractivity contribution >= 4 is 44.5 Å². The molecule has 0 saturated heterocycles. The first-order valence-corrected chi connectivity index (χ1v) is 11.4. The summed E-state index contributed by atoms with van der Waals surface area (Å²) in [6.07, 6.45) is 1.49. The molecular formula is C24H19ClN2O3S. The first-order chi connectivity index (χ1) is 14.9. The minimum absolute atomic E-state index is 0.0320. The summed E-state index contributed by atoms with van der Waals surface area (Å²) in [5, 5.41) is 2.98. The lowest BCUT2D eigenvalue weighted by Crippen LogP contribution is -2.39. The average Bonchev–Trinajstić information content (AvgIpc) is 2.77. The number of nitrogens with one attached hydrogen (secondary N) is 1. The van der Waals surface area contributed by atoms with Crippen LogP contribution in [0.3, 0.4) is 0 Å². The normalized spacial score (nSPS) is 14.7. The number of halogens is 1. The highest BCUT2D eigenvalue weighted by molar-refractivity contribution is 7.97. The molecule has 156 valence electrons. The summed E-state index contributed by atoms with van der Waals surface area (Å²) in [6.45, 7) is 3.71. The number of nitrogens with zero attached hydrogens (tertiary/aromatic N) is 1. The van der Waals surface area contributed by atoms with Crippen LogP contribution in [0.2, 0.25) is 5.02 Å². The number of hydrogen-bond acceptors (Lipinski definition) is 3. The van der Waals surface area contributed by atoms with E-state index in [0.717, 1.165) is 0 Å². The molecule has 0 aromatic heterocycles. The zero-order chi connectivity index (χ0) is 22.0. The molecule has 0 aliphatic carbocycles. The van der Waals surface area contributed by atoms with Crippen molar-refractivity contribution in [2.24, 2.45) is 0 Å². The predicted octanol–water partition coefficient (Wildman–Crippen LogP) is 5.07. The first-order valence-electron chi connectivity index (χ1n) is 9.53. The number of benzene rings is 3. The van der Waals surface area contributed by atoms with Crippen LogP contribution in [0.1, 0.15) is 11.1 Å². The number of sulfonamides is 1. The molecule has 0 radical (unpaired) electrons. The van der Waals surface area contributed by atoms with Gasteiger partial charge in [0.25, 0.3) is 15.9 Å². The maximum absolute atomic E-state index is 13.7. The van der Waals surface area contributed by atoms with Gasteiger partial charge in [0.1, 0.15) is 0 Å². The van der Waals surface area contributed by atoms with Crippen LogP contribution in [0.4, 0.5) is 11.4 Å². The fourth-order valence-corrected chi connectivity index (χ4v) is 5.47. The van der Waals surface area contributed by atoms with Crippen molar-refractivity contribution in [3.8, 4) is 0 Å². The van der Waals surface area contributed by atoms with Crippen molar-refractivity contribution in [1.82, 2.24) is 0 Å². The lowest BCUT2D eigenvalue weighted by Gasteiger charge is -2.32. The molecule has 0 fully saturated rings. The van der Waals surface area contributed by atoms with E-state index in [4.69, 9.17) is 11.6 Å². The fourth-order valence-electron chi connectivity index (χ4n) is 3.57. The fraction of sp³-hybridized carbons (Fsp3) is 0.0417. The summed E-state index contributed by atoms with van der Waals surface area (Å²) in [5.41, 5.74) is 2.45. The molecule has 0 bridgehead atoms. The van der Waals surface area contributed by atoms with Crippen molar-refractivity contribution in [2.45, 2.75) is 0 Å². The van der Waals surface area contributed by atoms with Gasteiger partial charge in [-0.1, -0.05) is 78.3 Å². The Bertz CT molecular complexity index is 1300. The van der Waals surface area contributed by atoms with Crippen molar-refractivity contribution in [2.75, 3.05) is 16.2 Å². The Kier molecular flexibility index (Phi) is 5.67. The van der Waals surface area contributed by atoms with Gasteiger partial charge < -0.3 is 5.32 Å². The Labute approximate surface area is 186 Å². The minimum Gasteiger partial charge on any atom is -0.320 e. The zero-order valence-electron chi connectivity index (χ0n) is 16.5. The van der Waals surface area contributed by atoms with Crippen molar-refractivity contribution in [3.63, 3.8) is 0 Å². The highest BCUT2D eigenvalue weighted by Crippen LogP contribution is 2.43. The van der Waals surface area contributed by atoms with Crippen LogP contribution in [-0.2, 0) is 14.8 Å². The van der Waals surface area contributed by atoms with E-state index in [9.17, 15) is 13.2 Å². The summed E-state index contributed by atoms with van der Waals surface area (Å²) >= 11 is 6.19. The number of carbonyl (C=O) groups is 1. The maximum Gasteiger partial charge on any atom is 0.270 e. The van der Waals surface area contributed by atoms with Crippen LogP contribution in [0.25, 0.3) is 5.57 Å². The third-order valence-electron chi connectivity index (χ3n) is 4.90. The van der Waals surface area contributed by atoms with Crippen LogP contribution in [0.15, 0.2) is 96.4 Å². The van der Waals surface area contributed by atoms with Gasteiger partial charge in [-0.25, -0.2) is 8.42 Å². The molecule has 1 amide bonds. The second kappa shape index (κ2) is 8.41. The second-order valence-corrected chi connectivity index (χ2v) is 9.05. The smallest absolute Gasteiger partial charge is 0.270 e. The Morgan fingerprint density at radius 1 is 0.968 bits per heavy atom. The Morgan fingerprint density at radius 2 is 1.61 bits per heavy atom. The van der Waals surface area contributed by atoms with Gasteiger partial charge in [0.15, 0.2) is 4.91 Å². The Morgan fingerprint density at radius 3 is 2.32 bits per heavy atom. The molecule has 4 rings (SSSR count). The predicted molar refractivity (Wildman–Crippen MR) is 125 cm³/mol. The Balaban J connectivity index is 2.00. The van der Waals surface area contributed by atoms with Gasteiger partial charge in [-0.15, -0.1) is 6.58 Å². The molecule has 1 heterocycles. The van der Waals surface area contributed by atoms with Crippen LogP contribution in [0.5, 0.6) is 0 Å². The molecule has 0 atom stereocenters. The molecular weight excluding hydrogens is 432 g/mol. The number of anilines is 2. The zero-order valence-corrected chi connectivity index (χ0v) is 18.0. The largest absolute Gasteiger partial charge is 0.320 e. The van der Waals surface area contributed by atoms with Gasteiger partial charge >= 0.3 is 0 Å². The highest BCUT2D eigenvalue weighted by atomic mass is 35.5. The van der Waals surface area contributed by atoms with Gasteiger partial charge in [0.2, 0.25) is 0 Å². The van der Waals surface area contributed by atoms with E-state index >= 15 is 0 Å². The quantitative estimate of drug-likeness (QED) is 0.551. The lowest BCUT2D eigenvalue weighted by atomic mass is 9.95. The number of fused-ring (bicyclic) bond motifs is 1. The Hall–Kier alpha value is -3.35. The van der Waals surface area contributed by atoms with Crippen molar-refractivity contribution in [3.05, 3.63) is 113 Å². The van der Waals surface area contributed by atoms with E-state index in [0.29, 0.717) is 33.1 Å². The lowest BCUT2D eigenvalue weighted by molar-refractivity contribution is -0.112. The van der Waals surface area contributed by atoms with Gasteiger partial charge in [-0.3, -0.25) is 9.10 Å². The molecule has 3 aromatic rings. The van der Waals surface area contributed by atoms with E-state index < -0.39 is 15.9 Å². The molecule has 7 heteroatoms. The summed E-state index contributed by atoms with van der Waals surface area (Å²) < 4.78 is 28.6. The number of amides is 1. The number of carbonyl (C=O) groups excluding carboxylic acids is 1. The van der Waals surface area contributed by atoms with Crippen LogP contribution < -0.4 is 9.62 Å². The van der Waals surface area contributed by atoms with Gasteiger partial charge in [0, 0.05) is 11.1 Å². The SMILES string of the molecule is C=CCN1c2ccccc2C(c2ccccc2)=C(C(=O)Nc2ccccc2Cl)S1(=O)=O. The average molecular weight is 451 g/mol. The van der Waals surface area contributed by atoms with Gasteiger partial charge in [0.05, 0.1) is 22.9 Å². The third kappa shape index (κ3) is 3.76. The summed E-state index contributed by atoms with van der Waals surface area (Å²) in [6, 6.07) is 22.8. The summed E-state index contributed by atoms with van der Waals surface area (Å²) in [4.78, 5) is 13.1. The van der Waals surface area contributed by atoms with Crippen molar-refractivity contribution in [1.29, 1.82) is 0 Å². The standard InChI is InChI=1S/C24H19ClN2O3S/c1-2-16-27-21-15-9-6-12-18(21)22(17-10-4-3-5-11-17)23(31(27,29)30)24(28)26-20-14-8-7-13-19(20)25/h2-15H,1,16H2,(H,26,28). The topological polar surface area (TPSA) is 66.5 Å².